The number of amides is 1. The predicted molar refractivity (Wildman–Crippen MR) is 109 cm³/mol. The quantitative estimate of drug-likeness (QED) is 0.426. The van der Waals surface area contributed by atoms with Crippen LogP contribution in [0.4, 0.5) is 0 Å². The number of carbonyl (C=O) groups is 1. The Morgan fingerprint density at radius 1 is 1.42 bits per heavy atom. The Labute approximate surface area is 156 Å². The van der Waals surface area contributed by atoms with E-state index in [-0.39, 0.29) is 11.9 Å². The summed E-state index contributed by atoms with van der Waals surface area (Å²) >= 11 is 0. The fraction of sp³-hybridized carbons (Fsp3) is 0.364. The molecule has 1 aromatic carbocycles. The van der Waals surface area contributed by atoms with Gasteiger partial charge in [0.05, 0.1) is 12.1 Å². The summed E-state index contributed by atoms with van der Waals surface area (Å²) in [6.45, 7) is 8.31. The molecule has 0 aromatic heterocycles. The molecule has 0 unspecified atom stereocenters. The van der Waals surface area contributed by atoms with Crippen molar-refractivity contribution >= 4 is 12.1 Å². The first kappa shape index (κ1) is 19.7. The lowest BCUT2D eigenvalue weighted by molar-refractivity contribution is -0.118. The van der Waals surface area contributed by atoms with Gasteiger partial charge in [0.2, 0.25) is 0 Å². The summed E-state index contributed by atoms with van der Waals surface area (Å²) in [7, 11) is 0. The van der Waals surface area contributed by atoms with Crippen LogP contribution in [0, 0.1) is 0 Å². The van der Waals surface area contributed by atoms with Crippen LogP contribution in [0.15, 0.2) is 65.3 Å². The lowest BCUT2D eigenvalue weighted by atomic mass is 9.75. The molecule has 1 aromatic rings. The van der Waals surface area contributed by atoms with Gasteiger partial charge in [-0.2, -0.15) is 0 Å². The molecule has 1 amide bonds. The molecule has 0 bridgehead atoms. The Bertz CT molecular complexity index is 725. The molecule has 138 valence electrons. The molecule has 1 fully saturated rings. The Hall–Kier alpha value is -2.62. The van der Waals surface area contributed by atoms with Crippen LogP contribution in [0.2, 0.25) is 0 Å². The van der Waals surface area contributed by atoms with Gasteiger partial charge in [0, 0.05) is 18.5 Å². The average Bonchev–Trinajstić information content (AvgIpc) is 2.64. The highest BCUT2D eigenvalue weighted by Crippen LogP contribution is 2.37. The first-order chi connectivity index (χ1) is 12.6. The fourth-order valence-electron chi connectivity index (χ4n) is 3.04. The van der Waals surface area contributed by atoms with E-state index in [1.54, 1.807) is 6.08 Å². The number of hydrogen-bond donors (Lipinski definition) is 2. The van der Waals surface area contributed by atoms with E-state index in [4.69, 9.17) is 5.73 Å². The van der Waals surface area contributed by atoms with Crippen LogP contribution in [0.5, 0.6) is 0 Å². The molecule has 3 N–H and O–H groups in total. The van der Waals surface area contributed by atoms with Crippen LogP contribution >= 0.6 is 0 Å². The topological polar surface area (TPSA) is 67.5 Å². The summed E-state index contributed by atoms with van der Waals surface area (Å²) in [5, 5.41) is 3.05. The van der Waals surface area contributed by atoms with E-state index in [0.29, 0.717) is 18.0 Å². The fourth-order valence-corrected chi connectivity index (χ4v) is 3.04. The molecule has 0 radical (unpaired) electrons. The van der Waals surface area contributed by atoms with Crippen molar-refractivity contribution in [1.29, 1.82) is 0 Å². The maximum absolute atomic E-state index is 12.4. The molecule has 4 heteroatoms. The highest BCUT2D eigenvalue weighted by atomic mass is 16.1. The number of benzene rings is 1. The summed E-state index contributed by atoms with van der Waals surface area (Å²) in [5.74, 6) is 0.359. The molecule has 2 rings (SSSR count). The van der Waals surface area contributed by atoms with E-state index in [2.05, 4.69) is 48.1 Å². The van der Waals surface area contributed by atoms with E-state index in [1.807, 2.05) is 13.0 Å². The number of nitrogens with zero attached hydrogens (tertiary/aromatic N) is 1. The Balaban J connectivity index is 1.84. The zero-order valence-electron chi connectivity index (χ0n) is 15.7. The second-order valence-corrected chi connectivity index (χ2v) is 6.60. The molecule has 1 aliphatic rings. The zero-order chi connectivity index (χ0) is 18.9. The molecule has 0 spiro atoms. The molecule has 0 heterocycles. The van der Waals surface area contributed by atoms with Gasteiger partial charge in [-0.1, -0.05) is 49.9 Å². The highest BCUT2D eigenvalue weighted by molar-refractivity contribution is 6.12. The smallest absolute Gasteiger partial charge is 0.254 e. The van der Waals surface area contributed by atoms with Gasteiger partial charge in [-0.25, -0.2) is 0 Å². The molecule has 0 aliphatic heterocycles. The Morgan fingerprint density at radius 2 is 2.19 bits per heavy atom. The summed E-state index contributed by atoms with van der Waals surface area (Å²) in [6.07, 6.45) is 9.52. The SMILES string of the molecule is C=C/C(=C\C)CN=C/C(=C\N)C(=O)NC1CC(c2cccc(CC)c2)C1. The number of allylic oxidation sites excluding steroid dienone is 1. The first-order valence-electron chi connectivity index (χ1n) is 9.20. The molecule has 26 heavy (non-hydrogen) atoms. The van der Waals surface area contributed by atoms with Crippen LogP contribution in [0.1, 0.15) is 43.7 Å². The highest BCUT2D eigenvalue weighted by Gasteiger charge is 2.31. The van der Waals surface area contributed by atoms with Crippen LogP contribution in [0.3, 0.4) is 0 Å². The number of hydrogen-bond acceptors (Lipinski definition) is 3. The molecule has 0 atom stereocenters. The summed E-state index contributed by atoms with van der Waals surface area (Å²) in [5.41, 5.74) is 9.72. The zero-order valence-corrected chi connectivity index (χ0v) is 15.7. The van der Waals surface area contributed by atoms with Gasteiger partial charge >= 0.3 is 0 Å². The van der Waals surface area contributed by atoms with Crippen molar-refractivity contribution in [1.82, 2.24) is 5.32 Å². The van der Waals surface area contributed by atoms with Crippen LogP contribution in [-0.2, 0) is 11.2 Å². The molecule has 1 saturated carbocycles. The van der Waals surface area contributed by atoms with Crippen molar-refractivity contribution in [3.63, 3.8) is 0 Å². The van der Waals surface area contributed by atoms with Crippen LogP contribution in [-0.4, -0.2) is 24.7 Å². The van der Waals surface area contributed by atoms with E-state index >= 15 is 0 Å². The molecular formula is C22H29N3O. The van der Waals surface area contributed by atoms with Gasteiger partial charge in [-0.3, -0.25) is 9.79 Å². The van der Waals surface area contributed by atoms with Crippen molar-refractivity contribution in [3.05, 3.63) is 71.5 Å². The molecular weight excluding hydrogens is 322 g/mol. The van der Waals surface area contributed by atoms with Crippen molar-refractivity contribution < 1.29 is 4.79 Å². The third-order valence-corrected chi connectivity index (χ3v) is 4.88. The van der Waals surface area contributed by atoms with E-state index in [0.717, 1.165) is 24.8 Å². The average molecular weight is 351 g/mol. The number of aryl methyl sites for hydroxylation is 1. The van der Waals surface area contributed by atoms with Gasteiger partial charge in [-0.15, -0.1) is 0 Å². The predicted octanol–water partition coefficient (Wildman–Crippen LogP) is 3.66. The minimum atomic E-state index is -0.164. The monoisotopic (exact) mass is 351 g/mol. The molecule has 1 aliphatic carbocycles. The van der Waals surface area contributed by atoms with E-state index in [1.165, 1.54) is 23.5 Å². The molecule has 0 saturated heterocycles. The summed E-state index contributed by atoms with van der Waals surface area (Å²) in [4.78, 5) is 16.6. The van der Waals surface area contributed by atoms with E-state index < -0.39 is 0 Å². The van der Waals surface area contributed by atoms with Gasteiger partial charge in [0.15, 0.2) is 0 Å². The number of aliphatic imine (C=N–C) groups is 1. The molecule has 4 nitrogen and oxygen atoms in total. The standard InChI is InChI=1S/C22H29N3O/c1-4-16(5-2)14-24-15-20(13-23)22(26)25-21-11-19(12-21)18-9-7-8-17(6-3)10-18/h4-5,7-10,13,15,19,21H,1,6,11-12,14,23H2,2-3H3,(H,25,26)/b16-5+,20-13+,24-15?. The minimum Gasteiger partial charge on any atom is -0.404 e. The number of nitrogens with one attached hydrogen (secondary N) is 1. The Morgan fingerprint density at radius 3 is 2.81 bits per heavy atom. The number of nitrogens with two attached hydrogens (primary N) is 1. The second-order valence-electron chi connectivity index (χ2n) is 6.60. The van der Waals surface area contributed by atoms with Gasteiger partial charge in [-0.05, 0) is 48.8 Å². The maximum Gasteiger partial charge on any atom is 0.254 e. The second kappa shape index (κ2) is 9.76. The summed E-state index contributed by atoms with van der Waals surface area (Å²) < 4.78 is 0. The van der Waals surface area contributed by atoms with Crippen molar-refractivity contribution in [2.75, 3.05) is 6.54 Å². The number of rotatable bonds is 8. The third-order valence-electron chi connectivity index (χ3n) is 4.88. The van der Waals surface area contributed by atoms with Crippen LogP contribution < -0.4 is 11.1 Å². The van der Waals surface area contributed by atoms with E-state index in [9.17, 15) is 4.79 Å². The largest absolute Gasteiger partial charge is 0.404 e. The normalized spacial score (nSPS) is 20.7. The maximum atomic E-state index is 12.4. The first-order valence-corrected chi connectivity index (χ1v) is 9.20. The third kappa shape index (κ3) is 5.19. The van der Waals surface area contributed by atoms with Gasteiger partial charge in [0.25, 0.3) is 5.91 Å². The lowest BCUT2D eigenvalue weighted by Gasteiger charge is -2.36. The van der Waals surface area contributed by atoms with Crippen molar-refractivity contribution in [3.8, 4) is 0 Å². The van der Waals surface area contributed by atoms with Crippen molar-refractivity contribution in [2.45, 2.75) is 45.1 Å². The van der Waals surface area contributed by atoms with Gasteiger partial charge in [0.1, 0.15) is 0 Å². The lowest BCUT2D eigenvalue weighted by Crippen LogP contribution is -2.44. The Kier molecular flexibility index (Phi) is 7.39. The van der Waals surface area contributed by atoms with Gasteiger partial charge < -0.3 is 11.1 Å². The number of carbonyl (C=O) groups excluding carboxylic acids is 1. The van der Waals surface area contributed by atoms with Crippen LogP contribution in [0.25, 0.3) is 0 Å². The minimum absolute atomic E-state index is 0.164. The van der Waals surface area contributed by atoms with Crippen molar-refractivity contribution in [2.24, 2.45) is 10.7 Å². The summed E-state index contributed by atoms with van der Waals surface area (Å²) in [6, 6.07) is 8.93.